The van der Waals surface area contributed by atoms with Gasteiger partial charge in [-0.1, -0.05) is 11.6 Å². The summed E-state index contributed by atoms with van der Waals surface area (Å²) in [5, 5.41) is 3.78. The number of pyridine rings is 1. The van der Waals surface area contributed by atoms with Gasteiger partial charge in [-0.2, -0.15) is 0 Å². The molecule has 0 fully saturated rings. The number of anilines is 1. The van der Waals surface area contributed by atoms with Gasteiger partial charge in [-0.25, -0.2) is 0 Å². The lowest BCUT2D eigenvalue weighted by Crippen LogP contribution is -2.03. The topological polar surface area (TPSA) is 43.4 Å². The number of methoxy groups -OCH3 is 2. The average molecular weight is 358 g/mol. The van der Waals surface area contributed by atoms with Gasteiger partial charge in [0.1, 0.15) is 11.5 Å². The number of halogens is 2. The van der Waals surface area contributed by atoms with Gasteiger partial charge in [0, 0.05) is 16.7 Å². The van der Waals surface area contributed by atoms with Crippen LogP contribution in [-0.4, -0.2) is 19.2 Å². The zero-order valence-electron chi connectivity index (χ0n) is 11.1. The third-order valence-corrected chi connectivity index (χ3v) is 3.49. The van der Waals surface area contributed by atoms with Crippen LogP contribution < -0.4 is 14.8 Å². The van der Waals surface area contributed by atoms with Crippen molar-refractivity contribution in [2.75, 3.05) is 19.5 Å². The van der Waals surface area contributed by atoms with Crippen molar-refractivity contribution in [3.8, 4) is 11.5 Å². The van der Waals surface area contributed by atoms with Crippen molar-refractivity contribution in [1.29, 1.82) is 0 Å². The standard InChI is InChI=1S/C14H14BrClN2O2/c1-19-13-6-14(20-2)12(5-11(13)16)18-8-10-4-3-9(15)7-17-10/h3-7,18H,8H2,1-2H3. The molecule has 0 saturated carbocycles. The number of rotatable bonds is 5. The van der Waals surface area contributed by atoms with Crippen molar-refractivity contribution in [3.63, 3.8) is 0 Å². The second kappa shape index (κ2) is 6.81. The predicted molar refractivity (Wildman–Crippen MR) is 83.8 cm³/mol. The molecule has 1 aromatic heterocycles. The molecule has 0 atom stereocenters. The van der Waals surface area contributed by atoms with Crippen molar-refractivity contribution in [3.05, 3.63) is 45.7 Å². The quantitative estimate of drug-likeness (QED) is 0.874. The Balaban J connectivity index is 2.16. The van der Waals surface area contributed by atoms with E-state index in [0.29, 0.717) is 23.1 Å². The molecular weight excluding hydrogens is 344 g/mol. The molecule has 0 saturated heterocycles. The average Bonchev–Trinajstić information content (AvgIpc) is 2.46. The molecule has 2 rings (SSSR count). The number of hydrogen-bond donors (Lipinski definition) is 1. The Kier molecular flexibility index (Phi) is 5.09. The first kappa shape index (κ1) is 14.9. The van der Waals surface area contributed by atoms with Crippen LogP contribution in [0.1, 0.15) is 5.69 Å². The van der Waals surface area contributed by atoms with Crippen molar-refractivity contribution >= 4 is 33.2 Å². The Labute approximate surface area is 131 Å². The zero-order valence-corrected chi connectivity index (χ0v) is 13.5. The number of nitrogens with zero attached hydrogens (tertiary/aromatic N) is 1. The molecule has 0 spiro atoms. The first-order valence-electron chi connectivity index (χ1n) is 5.90. The molecule has 0 aliphatic rings. The normalized spacial score (nSPS) is 10.2. The van der Waals surface area contributed by atoms with E-state index in [2.05, 4.69) is 26.2 Å². The fourth-order valence-corrected chi connectivity index (χ4v) is 2.17. The van der Waals surface area contributed by atoms with Crippen LogP contribution in [0, 0.1) is 0 Å². The molecule has 2 aromatic rings. The summed E-state index contributed by atoms with van der Waals surface area (Å²) < 4.78 is 11.4. The van der Waals surface area contributed by atoms with Crippen molar-refractivity contribution in [2.24, 2.45) is 0 Å². The summed E-state index contributed by atoms with van der Waals surface area (Å²) in [5.41, 5.74) is 1.71. The molecule has 0 radical (unpaired) electrons. The molecular formula is C14H14BrClN2O2. The van der Waals surface area contributed by atoms with Gasteiger partial charge in [0.15, 0.2) is 0 Å². The maximum absolute atomic E-state index is 6.12. The zero-order chi connectivity index (χ0) is 14.5. The molecule has 0 aliphatic heterocycles. The third-order valence-electron chi connectivity index (χ3n) is 2.72. The minimum Gasteiger partial charge on any atom is -0.495 e. The predicted octanol–water partition coefficient (Wildman–Crippen LogP) is 4.13. The Morgan fingerprint density at radius 1 is 1.20 bits per heavy atom. The largest absolute Gasteiger partial charge is 0.495 e. The van der Waals surface area contributed by atoms with E-state index in [1.165, 1.54) is 0 Å². The number of benzene rings is 1. The lowest BCUT2D eigenvalue weighted by atomic mass is 10.2. The van der Waals surface area contributed by atoms with Crippen LogP contribution in [0.3, 0.4) is 0 Å². The monoisotopic (exact) mass is 356 g/mol. The summed E-state index contributed by atoms with van der Waals surface area (Å²) in [4.78, 5) is 4.30. The summed E-state index contributed by atoms with van der Waals surface area (Å²) in [7, 11) is 3.17. The molecule has 1 aromatic carbocycles. The fourth-order valence-electron chi connectivity index (χ4n) is 1.69. The van der Waals surface area contributed by atoms with E-state index >= 15 is 0 Å². The first-order chi connectivity index (χ1) is 9.63. The van der Waals surface area contributed by atoms with E-state index in [9.17, 15) is 0 Å². The van der Waals surface area contributed by atoms with Crippen molar-refractivity contribution < 1.29 is 9.47 Å². The fraction of sp³-hybridized carbons (Fsp3) is 0.214. The van der Waals surface area contributed by atoms with Gasteiger partial charge in [-0.05, 0) is 34.1 Å². The molecule has 0 bridgehead atoms. The highest BCUT2D eigenvalue weighted by Gasteiger charge is 2.09. The smallest absolute Gasteiger partial charge is 0.145 e. The molecule has 0 aliphatic carbocycles. The van der Waals surface area contributed by atoms with Gasteiger partial charge < -0.3 is 14.8 Å². The maximum atomic E-state index is 6.12. The SMILES string of the molecule is COc1cc(OC)c(NCc2ccc(Br)cn2)cc1Cl. The van der Waals surface area contributed by atoms with Crippen LogP contribution in [-0.2, 0) is 6.54 Å². The molecule has 20 heavy (non-hydrogen) atoms. The van der Waals surface area contributed by atoms with Gasteiger partial charge in [-0.15, -0.1) is 0 Å². The van der Waals surface area contributed by atoms with Gasteiger partial charge in [-0.3, -0.25) is 4.98 Å². The summed E-state index contributed by atoms with van der Waals surface area (Å²) in [5.74, 6) is 1.25. The van der Waals surface area contributed by atoms with Gasteiger partial charge in [0.25, 0.3) is 0 Å². The summed E-state index contributed by atoms with van der Waals surface area (Å²) in [6.45, 7) is 0.576. The molecule has 0 amide bonds. The Morgan fingerprint density at radius 2 is 1.95 bits per heavy atom. The Bertz CT molecular complexity index is 590. The number of ether oxygens (including phenoxy) is 2. The molecule has 1 heterocycles. The van der Waals surface area contributed by atoms with Crippen molar-refractivity contribution in [2.45, 2.75) is 6.54 Å². The van der Waals surface area contributed by atoms with Crippen LogP contribution in [0.5, 0.6) is 11.5 Å². The van der Waals surface area contributed by atoms with E-state index in [1.807, 2.05) is 12.1 Å². The van der Waals surface area contributed by atoms with Crippen LogP contribution in [0.4, 0.5) is 5.69 Å². The van der Waals surface area contributed by atoms with Gasteiger partial charge in [0.2, 0.25) is 0 Å². The highest BCUT2D eigenvalue weighted by molar-refractivity contribution is 9.10. The summed E-state index contributed by atoms with van der Waals surface area (Å²) in [6, 6.07) is 7.41. The molecule has 6 heteroatoms. The lowest BCUT2D eigenvalue weighted by Gasteiger charge is -2.13. The first-order valence-corrected chi connectivity index (χ1v) is 7.07. The number of aromatic nitrogens is 1. The molecule has 4 nitrogen and oxygen atoms in total. The van der Waals surface area contributed by atoms with E-state index in [0.717, 1.165) is 15.9 Å². The molecule has 106 valence electrons. The van der Waals surface area contributed by atoms with E-state index in [4.69, 9.17) is 21.1 Å². The van der Waals surface area contributed by atoms with Crippen molar-refractivity contribution in [1.82, 2.24) is 4.98 Å². The maximum Gasteiger partial charge on any atom is 0.145 e. The van der Waals surface area contributed by atoms with Crippen LogP contribution in [0.2, 0.25) is 5.02 Å². The highest BCUT2D eigenvalue weighted by Crippen LogP contribution is 2.36. The van der Waals surface area contributed by atoms with Crippen LogP contribution >= 0.6 is 27.5 Å². The second-order valence-corrected chi connectivity index (χ2v) is 5.33. The van der Waals surface area contributed by atoms with E-state index < -0.39 is 0 Å². The lowest BCUT2D eigenvalue weighted by molar-refractivity contribution is 0.395. The van der Waals surface area contributed by atoms with E-state index in [1.54, 1.807) is 32.5 Å². The number of nitrogens with one attached hydrogen (secondary N) is 1. The van der Waals surface area contributed by atoms with Crippen LogP contribution in [0.15, 0.2) is 34.9 Å². The molecule has 0 unspecified atom stereocenters. The Morgan fingerprint density at radius 3 is 2.55 bits per heavy atom. The third kappa shape index (κ3) is 3.55. The van der Waals surface area contributed by atoms with E-state index in [-0.39, 0.29) is 0 Å². The Hall–Kier alpha value is -1.46. The highest BCUT2D eigenvalue weighted by atomic mass is 79.9. The number of hydrogen-bond acceptors (Lipinski definition) is 4. The van der Waals surface area contributed by atoms with Gasteiger partial charge in [0.05, 0.1) is 37.2 Å². The minimum atomic E-state index is 0.527. The molecule has 1 N–H and O–H groups in total. The summed E-state index contributed by atoms with van der Waals surface area (Å²) >= 11 is 9.47. The summed E-state index contributed by atoms with van der Waals surface area (Å²) in [6.07, 6.45) is 1.76. The van der Waals surface area contributed by atoms with Gasteiger partial charge >= 0.3 is 0 Å². The second-order valence-electron chi connectivity index (χ2n) is 4.01. The van der Waals surface area contributed by atoms with Crippen LogP contribution in [0.25, 0.3) is 0 Å². The minimum absolute atomic E-state index is 0.527.